The van der Waals surface area contributed by atoms with Crippen molar-refractivity contribution in [3.8, 4) is 0 Å². The molecule has 1 aromatic rings. The standard InChI is InChI=1S/C13H20N4O5/c1-13(2)21-8-6(20-12(19-3)9(8)22-13)4-17-5-16-7(10(17)14)11(15)18/h5-6,8-9,12H,4,14H2,1-3H3,(H2,15,18)/t6-,8?,9?,12-/m1/s1. The van der Waals surface area contributed by atoms with Crippen LogP contribution in [0.3, 0.4) is 0 Å². The van der Waals surface area contributed by atoms with E-state index in [1.807, 2.05) is 13.8 Å². The fraction of sp³-hybridized carbons (Fsp3) is 0.692. The topological polar surface area (TPSA) is 124 Å². The highest BCUT2D eigenvalue weighted by Crippen LogP contribution is 2.39. The Morgan fingerprint density at radius 1 is 1.45 bits per heavy atom. The minimum atomic E-state index is -0.701. The van der Waals surface area contributed by atoms with Crippen LogP contribution in [0.15, 0.2) is 6.33 Å². The average molecular weight is 312 g/mol. The summed E-state index contributed by atoms with van der Waals surface area (Å²) in [5, 5.41) is 0. The second-order valence-electron chi connectivity index (χ2n) is 5.84. The second kappa shape index (κ2) is 5.20. The molecule has 0 saturated carbocycles. The number of methoxy groups -OCH3 is 1. The molecule has 0 radical (unpaired) electrons. The summed E-state index contributed by atoms with van der Waals surface area (Å²) in [6.45, 7) is 4.03. The van der Waals surface area contributed by atoms with Crippen molar-refractivity contribution in [1.29, 1.82) is 0 Å². The predicted molar refractivity (Wildman–Crippen MR) is 74.7 cm³/mol. The number of nitrogens with zero attached hydrogens (tertiary/aromatic N) is 2. The van der Waals surface area contributed by atoms with E-state index in [1.54, 1.807) is 11.7 Å². The Bertz CT molecular complexity index is 587. The van der Waals surface area contributed by atoms with E-state index in [1.165, 1.54) is 6.33 Å². The number of imidazole rings is 1. The Morgan fingerprint density at radius 3 is 2.73 bits per heavy atom. The molecule has 9 heteroatoms. The van der Waals surface area contributed by atoms with Crippen molar-refractivity contribution in [1.82, 2.24) is 9.55 Å². The third kappa shape index (κ3) is 2.45. The third-order valence-electron chi connectivity index (χ3n) is 3.83. The molecule has 122 valence electrons. The second-order valence-corrected chi connectivity index (χ2v) is 5.84. The van der Waals surface area contributed by atoms with E-state index in [4.69, 9.17) is 30.4 Å². The van der Waals surface area contributed by atoms with E-state index in [0.717, 1.165) is 0 Å². The van der Waals surface area contributed by atoms with E-state index in [0.29, 0.717) is 6.54 Å². The lowest BCUT2D eigenvalue weighted by Crippen LogP contribution is -2.33. The molecule has 0 spiro atoms. The molecule has 2 saturated heterocycles. The monoisotopic (exact) mass is 312 g/mol. The van der Waals surface area contributed by atoms with Crippen molar-refractivity contribution in [2.45, 2.75) is 50.8 Å². The molecule has 9 nitrogen and oxygen atoms in total. The Kier molecular flexibility index (Phi) is 3.60. The number of ether oxygens (including phenoxy) is 4. The first-order valence-corrected chi connectivity index (χ1v) is 6.96. The minimum absolute atomic E-state index is 0.0433. The molecule has 0 aromatic carbocycles. The van der Waals surface area contributed by atoms with Gasteiger partial charge in [0.25, 0.3) is 5.91 Å². The molecule has 0 bridgehead atoms. The maximum atomic E-state index is 11.2. The normalized spacial score (nSPS) is 33.0. The Morgan fingerprint density at radius 2 is 2.14 bits per heavy atom. The third-order valence-corrected chi connectivity index (χ3v) is 3.83. The molecule has 3 rings (SSSR count). The lowest BCUT2D eigenvalue weighted by molar-refractivity contribution is -0.228. The van der Waals surface area contributed by atoms with Crippen molar-refractivity contribution in [2.75, 3.05) is 12.8 Å². The van der Waals surface area contributed by atoms with Gasteiger partial charge in [-0.3, -0.25) is 4.79 Å². The minimum Gasteiger partial charge on any atom is -0.383 e. The number of anilines is 1. The zero-order valence-corrected chi connectivity index (χ0v) is 12.7. The summed E-state index contributed by atoms with van der Waals surface area (Å²) in [5.74, 6) is -1.17. The van der Waals surface area contributed by atoms with Crippen LogP contribution < -0.4 is 11.5 Å². The number of carbonyl (C=O) groups excluding carboxylic acids is 1. The summed E-state index contributed by atoms with van der Waals surface area (Å²) in [6.07, 6.45) is -0.00951. The van der Waals surface area contributed by atoms with Crippen LogP contribution in [-0.2, 0) is 25.5 Å². The van der Waals surface area contributed by atoms with Gasteiger partial charge in [0, 0.05) is 7.11 Å². The summed E-state index contributed by atoms with van der Waals surface area (Å²) in [7, 11) is 1.55. The molecule has 1 amide bonds. The van der Waals surface area contributed by atoms with Gasteiger partial charge in [-0.2, -0.15) is 0 Å². The van der Waals surface area contributed by atoms with Gasteiger partial charge in [0.1, 0.15) is 24.1 Å². The number of hydrogen-bond acceptors (Lipinski definition) is 7. The molecule has 2 aliphatic rings. The largest absolute Gasteiger partial charge is 0.383 e. The van der Waals surface area contributed by atoms with E-state index in [2.05, 4.69) is 4.98 Å². The summed E-state index contributed by atoms with van der Waals surface area (Å²) in [6, 6.07) is 0. The predicted octanol–water partition coefficient (Wildman–Crippen LogP) is -0.544. The van der Waals surface area contributed by atoms with Crippen LogP contribution in [0.4, 0.5) is 5.82 Å². The number of fused-ring (bicyclic) bond motifs is 1. The van der Waals surface area contributed by atoms with Gasteiger partial charge in [-0.05, 0) is 13.8 Å². The van der Waals surface area contributed by atoms with Crippen molar-refractivity contribution >= 4 is 11.7 Å². The van der Waals surface area contributed by atoms with Gasteiger partial charge in [0.05, 0.1) is 12.9 Å². The lowest BCUT2D eigenvalue weighted by atomic mass is 10.1. The lowest BCUT2D eigenvalue weighted by Gasteiger charge is -2.23. The molecular formula is C13H20N4O5. The SMILES string of the molecule is CO[C@@H]1O[C@H](Cn2cnc(C(N)=O)c2N)C2OC(C)(C)OC21. The van der Waals surface area contributed by atoms with Crippen molar-refractivity contribution in [2.24, 2.45) is 5.73 Å². The van der Waals surface area contributed by atoms with E-state index >= 15 is 0 Å². The molecule has 2 fully saturated rings. The van der Waals surface area contributed by atoms with Gasteiger partial charge in [-0.15, -0.1) is 0 Å². The Labute approximate surface area is 127 Å². The number of primary amides is 1. The van der Waals surface area contributed by atoms with Crippen LogP contribution in [0.1, 0.15) is 24.3 Å². The number of nitrogens with two attached hydrogens (primary N) is 2. The van der Waals surface area contributed by atoms with Crippen LogP contribution in [0.2, 0.25) is 0 Å². The fourth-order valence-electron chi connectivity index (χ4n) is 2.90. The maximum absolute atomic E-state index is 11.2. The molecule has 22 heavy (non-hydrogen) atoms. The van der Waals surface area contributed by atoms with Gasteiger partial charge in [-0.25, -0.2) is 4.98 Å². The molecule has 0 aliphatic carbocycles. The van der Waals surface area contributed by atoms with Crippen LogP contribution in [0.25, 0.3) is 0 Å². The average Bonchev–Trinajstić information content (AvgIpc) is 3.03. The molecule has 2 aliphatic heterocycles. The Balaban J connectivity index is 1.79. The van der Waals surface area contributed by atoms with Gasteiger partial charge in [0.2, 0.25) is 0 Å². The molecule has 4 atom stereocenters. The number of amides is 1. The Hall–Kier alpha value is -1.68. The van der Waals surface area contributed by atoms with Crippen LogP contribution >= 0.6 is 0 Å². The van der Waals surface area contributed by atoms with E-state index in [-0.39, 0.29) is 29.8 Å². The summed E-state index contributed by atoms with van der Waals surface area (Å²) < 4.78 is 24.4. The van der Waals surface area contributed by atoms with Crippen LogP contribution in [0, 0.1) is 0 Å². The highest BCUT2D eigenvalue weighted by Gasteiger charge is 2.55. The van der Waals surface area contributed by atoms with Gasteiger partial charge in [0.15, 0.2) is 17.8 Å². The number of nitrogen functional groups attached to an aromatic ring is 1. The smallest absolute Gasteiger partial charge is 0.271 e. The number of rotatable bonds is 4. The van der Waals surface area contributed by atoms with Crippen LogP contribution in [0.5, 0.6) is 0 Å². The van der Waals surface area contributed by atoms with Crippen LogP contribution in [-0.4, -0.2) is 53.0 Å². The number of aromatic nitrogens is 2. The van der Waals surface area contributed by atoms with E-state index in [9.17, 15) is 4.79 Å². The molecule has 1 aromatic heterocycles. The summed E-state index contributed by atoms with van der Waals surface area (Å²) >= 11 is 0. The molecule has 3 heterocycles. The number of hydrogen-bond donors (Lipinski definition) is 2. The first-order valence-electron chi connectivity index (χ1n) is 6.96. The highest BCUT2D eigenvalue weighted by molar-refractivity contribution is 5.95. The van der Waals surface area contributed by atoms with E-state index < -0.39 is 18.0 Å². The first kappa shape index (κ1) is 15.2. The van der Waals surface area contributed by atoms with Gasteiger partial charge < -0.3 is 35.0 Å². The first-order chi connectivity index (χ1) is 10.3. The molecule has 4 N–H and O–H groups in total. The molecule has 2 unspecified atom stereocenters. The zero-order valence-electron chi connectivity index (χ0n) is 12.7. The quantitative estimate of drug-likeness (QED) is 0.764. The van der Waals surface area contributed by atoms with Crippen molar-refractivity contribution in [3.05, 3.63) is 12.0 Å². The number of carbonyl (C=O) groups is 1. The summed E-state index contributed by atoms with van der Waals surface area (Å²) in [4.78, 5) is 15.1. The fourth-order valence-corrected chi connectivity index (χ4v) is 2.90. The summed E-state index contributed by atoms with van der Waals surface area (Å²) in [5.41, 5.74) is 11.1. The maximum Gasteiger partial charge on any atom is 0.271 e. The van der Waals surface area contributed by atoms with Gasteiger partial charge >= 0.3 is 0 Å². The van der Waals surface area contributed by atoms with Gasteiger partial charge in [-0.1, -0.05) is 0 Å². The van der Waals surface area contributed by atoms with Crippen molar-refractivity contribution in [3.63, 3.8) is 0 Å². The zero-order chi connectivity index (χ0) is 16.1. The molecular weight excluding hydrogens is 292 g/mol. The highest BCUT2D eigenvalue weighted by atomic mass is 16.8. The van der Waals surface area contributed by atoms with Crippen molar-refractivity contribution < 1.29 is 23.7 Å².